The second-order valence-electron chi connectivity index (χ2n) is 7.43. The predicted molar refractivity (Wildman–Crippen MR) is 129 cm³/mol. The van der Waals surface area contributed by atoms with Crippen LogP contribution in [0.25, 0.3) is 0 Å². The highest BCUT2D eigenvalue weighted by atomic mass is 32.2. The maximum absolute atomic E-state index is 12.3. The van der Waals surface area contributed by atoms with Gasteiger partial charge in [-0.2, -0.15) is 8.42 Å². The molecule has 1 amide bonds. The van der Waals surface area contributed by atoms with Gasteiger partial charge in [0.1, 0.15) is 5.75 Å². The third kappa shape index (κ3) is 11.6. The number of benzene rings is 2. The lowest BCUT2D eigenvalue weighted by atomic mass is 10.0. The second-order valence-corrected chi connectivity index (χ2v) is 8.89. The highest BCUT2D eigenvalue weighted by molar-refractivity contribution is 7.85. The third-order valence-electron chi connectivity index (χ3n) is 4.18. The molecule has 1 atom stereocenters. The van der Waals surface area contributed by atoms with Crippen LogP contribution in [0.4, 0.5) is 5.69 Å². The van der Waals surface area contributed by atoms with E-state index < -0.39 is 28.0 Å². The molecule has 0 saturated heterocycles. The zero-order chi connectivity index (χ0) is 26.8. The summed E-state index contributed by atoms with van der Waals surface area (Å²) < 4.78 is 36.2. The maximum atomic E-state index is 12.3. The number of amides is 1. The fourth-order valence-corrected chi connectivity index (χ4v) is 2.36. The Morgan fingerprint density at radius 2 is 1.60 bits per heavy atom. The molecule has 2 aromatic carbocycles. The van der Waals surface area contributed by atoms with Crippen molar-refractivity contribution in [2.45, 2.75) is 12.8 Å². The SMILES string of the molecule is CC(C(=O)OCC(=O)N(C)C)c1ccc(OC(=O)c2ccc(NC(=N)N)cc2)cc1.CS(=O)(=O)O. The van der Waals surface area contributed by atoms with E-state index in [0.29, 0.717) is 28.8 Å². The molecule has 0 aliphatic rings. The lowest BCUT2D eigenvalue weighted by Gasteiger charge is -2.14. The van der Waals surface area contributed by atoms with Crippen molar-refractivity contribution in [2.24, 2.45) is 5.73 Å². The molecule has 0 saturated carbocycles. The summed E-state index contributed by atoms with van der Waals surface area (Å²) in [6.07, 6.45) is 0.715. The highest BCUT2D eigenvalue weighted by Gasteiger charge is 2.19. The molecule has 0 aliphatic heterocycles. The summed E-state index contributed by atoms with van der Waals surface area (Å²) in [7, 11) is -0.506. The first kappa shape index (κ1) is 29.1. The number of nitrogens with one attached hydrogen (secondary N) is 2. The maximum Gasteiger partial charge on any atom is 0.343 e. The molecular formula is C22H28N4O8S. The number of hydrogen-bond donors (Lipinski definition) is 4. The summed E-state index contributed by atoms with van der Waals surface area (Å²) in [5, 5.41) is 9.80. The van der Waals surface area contributed by atoms with E-state index in [1.165, 1.54) is 4.90 Å². The van der Waals surface area contributed by atoms with Crippen LogP contribution in [0.1, 0.15) is 28.8 Å². The first-order chi connectivity index (χ1) is 16.2. The molecule has 0 spiro atoms. The van der Waals surface area contributed by atoms with E-state index in [1.807, 2.05) is 0 Å². The number of esters is 2. The Morgan fingerprint density at radius 1 is 1.09 bits per heavy atom. The number of carbonyl (C=O) groups excluding carboxylic acids is 3. The molecule has 2 aromatic rings. The smallest absolute Gasteiger partial charge is 0.343 e. The summed E-state index contributed by atoms with van der Waals surface area (Å²) in [4.78, 5) is 37.2. The van der Waals surface area contributed by atoms with Crippen LogP contribution in [0.15, 0.2) is 48.5 Å². The van der Waals surface area contributed by atoms with Crippen LogP contribution in [0.5, 0.6) is 5.75 Å². The van der Waals surface area contributed by atoms with E-state index in [2.05, 4.69) is 5.32 Å². The van der Waals surface area contributed by atoms with Crippen molar-refractivity contribution in [1.82, 2.24) is 4.90 Å². The molecule has 190 valence electrons. The van der Waals surface area contributed by atoms with Crippen LogP contribution in [0, 0.1) is 5.41 Å². The van der Waals surface area contributed by atoms with Crippen LogP contribution < -0.4 is 15.8 Å². The lowest BCUT2D eigenvalue weighted by Crippen LogP contribution is -2.28. The first-order valence-corrected chi connectivity index (χ1v) is 11.8. The van der Waals surface area contributed by atoms with E-state index in [-0.39, 0.29) is 18.5 Å². The number of nitrogens with zero attached hydrogens (tertiary/aromatic N) is 1. The summed E-state index contributed by atoms with van der Waals surface area (Å²) in [6, 6.07) is 12.8. The Hall–Kier alpha value is -3.97. The Balaban J connectivity index is 0.00000111. The molecular weight excluding hydrogens is 480 g/mol. The highest BCUT2D eigenvalue weighted by Crippen LogP contribution is 2.21. The second kappa shape index (κ2) is 13.1. The van der Waals surface area contributed by atoms with Gasteiger partial charge in [0.25, 0.3) is 16.0 Å². The minimum Gasteiger partial charge on any atom is -0.455 e. The van der Waals surface area contributed by atoms with Gasteiger partial charge in [-0.1, -0.05) is 12.1 Å². The van der Waals surface area contributed by atoms with Gasteiger partial charge < -0.3 is 25.4 Å². The molecule has 0 aromatic heterocycles. The topological polar surface area (TPSA) is 189 Å². The summed E-state index contributed by atoms with van der Waals surface area (Å²) in [5.74, 6) is -1.83. The van der Waals surface area contributed by atoms with Crippen molar-refractivity contribution in [3.63, 3.8) is 0 Å². The number of rotatable bonds is 7. The van der Waals surface area contributed by atoms with Crippen LogP contribution in [-0.2, 0) is 24.4 Å². The van der Waals surface area contributed by atoms with Gasteiger partial charge in [-0.15, -0.1) is 0 Å². The number of hydrogen-bond acceptors (Lipinski definition) is 8. The molecule has 13 heteroatoms. The zero-order valence-corrected chi connectivity index (χ0v) is 20.5. The van der Waals surface area contributed by atoms with Crippen LogP contribution in [-0.4, -0.2) is 68.6 Å². The van der Waals surface area contributed by atoms with Gasteiger partial charge in [0.2, 0.25) is 0 Å². The van der Waals surface area contributed by atoms with Crippen LogP contribution in [0.2, 0.25) is 0 Å². The van der Waals surface area contributed by atoms with Crippen LogP contribution in [0.3, 0.4) is 0 Å². The molecule has 12 nitrogen and oxygen atoms in total. The van der Waals surface area contributed by atoms with E-state index in [9.17, 15) is 22.8 Å². The van der Waals surface area contributed by atoms with Gasteiger partial charge in [0.15, 0.2) is 12.6 Å². The van der Waals surface area contributed by atoms with Gasteiger partial charge >= 0.3 is 11.9 Å². The van der Waals surface area contributed by atoms with Crippen molar-refractivity contribution in [3.8, 4) is 5.75 Å². The molecule has 2 rings (SSSR count). The summed E-state index contributed by atoms with van der Waals surface area (Å²) >= 11 is 0. The quantitative estimate of drug-likeness (QED) is 0.140. The first-order valence-electron chi connectivity index (χ1n) is 10.00. The van der Waals surface area contributed by atoms with Gasteiger partial charge in [0, 0.05) is 19.8 Å². The number of likely N-dealkylation sites (N-methyl/N-ethyl adjacent to an activating group) is 1. The van der Waals surface area contributed by atoms with Crippen molar-refractivity contribution >= 4 is 39.6 Å². The van der Waals surface area contributed by atoms with E-state index >= 15 is 0 Å². The van der Waals surface area contributed by atoms with Crippen molar-refractivity contribution in [2.75, 3.05) is 32.3 Å². The largest absolute Gasteiger partial charge is 0.455 e. The fraction of sp³-hybridized carbons (Fsp3) is 0.273. The average molecular weight is 509 g/mol. The normalized spacial score (nSPS) is 11.2. The number of nitrogens with two attached hydrogens (primary N) is 1. The Labute approximate surface area is 203 Å². The number of carbonyl (C=O) groups is 3. The van der Waals surface area contributed by atoms with Gasteiger partial charge in [0.05, 0.1) is 17.7 Å². The number of anilines is 1. The Kier molecular flexibility index (Phi) is 10.8. The summed E-state index contributed by atoms with van der Waals surface area (Å²) in [6.45, 7) is 1.35. The molecule has 0 radical (unpaired) electrons. The fourth-order valence-electron chi connectivity index (χ4n) is 2.36. The number of ether oxygens (including phenoxy) is 2. The molecule has 0 heterocycles. The van der Waals surface area contributed by atoms with Gasteiger partial charge in [-0.25, -0.2) is 4.79 Å². The molecule has 35 heavy (non-hydrogen) atoms. The van der Waals surface area contributed by atoms with E-state index in [1.54, 1.807) is 69.6 Å². The van der Waals surface area contributed by atoms with Crippen LogP contribution >= 0.6 is 0 Å². The average Bonchev–Trinajstić information content (AvgIpc) is 2.76. The lowest BCUT2D eigenvalue weighted by molar-refractivity contribution is -0.152. The van der Waals surface area contributed by atoms with Crippen molar-refractivity contribution in [3.05, 3.63) is 59.7 Å². The van der Waals surface area contributed by atoms with E-state index in [0.717, 1.165) is 0 Å². The minimum atomic E-state index is -3.67. The van der Waals surface area contributed by atoms with E-state index in [4.69, 9.17) is 25.2 Å². The Morgan fingerprint density at radius 3 is 2.06 bits per heavy atom. The molecule has 5 N–H and O–H groups in total. The standard InChI is InChI=1S/C21H24N4O5.CH4O3S/c1-13(19(27)29-12-18(26)25(2)3)14-6-10-17(11-7-14)30-20(28)15-4-8-16(9-5-15)24-21(22)23;1-5(2,3)4/h4-11,13H,12H2,1-3H3,(H4,22,23,24);1H3,(H,2,3,4). The third-order valence-corrected chi connectivity index (χ3v) is 4.18. The van der Waals surface area contributed by atoms with Gasteiger partial charge in [-0.3, -0.25) is 19.6 Å². The number of guanidine groups is 1. The molecule has 0 aliphatic carbocycles. The predicted octanol–water partition coefficient (Wildman–Crippen LogP) is 1.45. The van der Waals surface area contributed by atoms with Crippen molar-refractivity contribution < 1.29 is 36.8 Å². The summed E-state index contributed by atoms with van der Waals surface area (Å²) in [5.41, 5.74) is 6.83. The Bertz CT molecular complexity index is 1140. The minimum absolute atomic E-state index is 0.201. The van der Waals surface area contributed by atoms with Crippen molar-refractivity contribution in [1.29, 1.82) is 5.41 Å². The molecule has 0 bridgehead atoms. The van der Waals surface area contributed by atoms with Gasteiger partial charge in [-0.05, 0) is 48.9 Å². The molecule has 1 unspecified atom stereocenters. The monoisotopic (exact) mass is 508 g/mol. The zero-order valence-electron chi connectivity index (χ0n) is 19.6. The molecule has 0 fully saturated rings.